The van der Waals surface area contributed by atoms with Crippen molar-refractivity contribution in [2.24, 2.45) is 5.92 Å². The lowest BCUT2D eigenvalue weighted by atomic mass is 9.93. The van der Waals surface area contributed by atoms with E-state index in [1.54, 1.807) is 25.1 Å². The van der Waals surface area contributed by atoms with Gasteiger partial charge in [0, 0.05) is 5.39 Å². The van der Waals surface area contributed by atoms with Crippen molar-refractivity contribution in [3.05, 3.63) is 35.8 Å². The number of carbonyl (C=O) groups is 1. The Kier molecular flexibility index (Phi) is 3.88. The van der Waals surface area contributed by atoms with Crippen molar-refractivity contribution in [3.63, 3.8) is 0 Å². The summed E-state index contributed by atoms with van der Waals surface area (Å²) in [6.07, 6.45) is 0. The first-order valence-corrected chi connectivity index (χ1v) is 6.39. The van der Waals surface area contributed by atoms with Crippen LogP contribution in [0.5, 0.6) is 0 Å². The van der Waals surface area contributed by atoms with Crippen LogP contribution in [0.4, 0.5) is 4.39 Å². The van der Waals surface area contributed by atoms with E-state index in [9.17, 15) is 9.18 Å². The Hall–Kier alpha value is -1.84. The number of ether oxygens (including phenoxy) is 1. The molecule has 2 rings (SSSR count). The molecule has 2 aromatic rings. The largest absolute Gasteiger partial charge is 0.465 e. The van der Waals surface area contributed by atoms with Crippen LogP contribution in [0.25, 0.3) is 11.0 Å². The highest BCUT2D eigenvalue weighted by Gasteiger charge is 2.29. The van der Waals surface area contributed by atoms with E-state index in [4.69, 9.17) is 9.15 Å². The maximum atomic E-state index is 13.6. The van der Waals surface area contributed by atoms with Crippen LogP contribution in [-0.2, 0) is 9.53 Å². The van der Waals surface area contributed by atoms with Gasteiger partial charge in [-0.2, -0.15) is 0 Å². The van der Waals surface area contributed by atoms with E-state index in [-0.39, 0.29) is 17.5 Å². The van der Waals surface area contributed by atoms with Crippen molar-refractivity contribution in [2.45, 2.75) is 26.7 Å². The summed E-state index contributed by atoms with van der Waals surface area (Å²) in [5.41, 5.74) is 0.187. The molecule has 1 aromatic carbocycles. The molecule has 19 heavy (non-hydrogen) atoms. The number of hydrogen-bond acceptors (Lipinski definition) is 3. The highest BCUT2D eigenvalue weighted by atomic mass is 19.1. The van der Waals surface area contributed by atoms with Crippen molar-refractivity contribution in [1.82, 2.24) is 0 Å². The van der Waals surface area contributed by atoms with Crippen molar-refractivity contribution in [1.29, 1.82) is 0 Å². The standard InChI is InChI=1S/C15H17FO3/c1-4-18-15(17)13(9(2)3)12-8-10-6-5-7-11(16)14(10)19-12/h5-9,13H,4H2,1-3H3. The molecule has 1 unspecified atom stereocenters. The molecule has 0 N–H and O–H groups in total. The first-order valence-electron chi connectivity index (χ1n) is 6.39. The summed E-state index contributed by atoms with van der Waals surface area (Å²) in [4.78, 5) is 12.0. The van der Waals surface area contributed by atoms with Crippen molar-refractivity contribution in [3.8, 4) is 0 Å². The second-order valence-electron chi connectivity index (χ2n) is 4.78. The monoisotopic (exact) mass is 264 g/mol. The zero-order valence-electron chi connectivity index (χ0n) is 11.3. The van der Waals surface area contributed by atoms with Gasteiger partial charge in [-0.05, 0) is 25.0 Å². The van der Waals surface area contributed by atoms with Crippen LogP contribution in [0.3, 0.4) is 0 Å². The first kappa shape index (κ1) is 13.6. The Morgan fingerprint density at radius 3 is 2.74 bits per heavy atom. The normalized spacial score (nSPS) is 12.9. The molecular formula is C15H17FO3. The maximum absolute atomic E-state index is 13.6. The average molecular weight is 264 g/mol. The summed E-state index contributed by atoms with van der Waals surface area (Å²) < 4.78 is 24.2. The van der Waals surface area contributed by atoms with Gasteiger partial charge in [-0.1, -0.05) is 26.0 Å². The molecule has 0 fully saturated rings. The van der Waals surface area contributed by atoms with Gasteiger partial charge in [0.05, 0.1) is 6.61 Å². The summed E-state index contributed by atoms with van der Waals surface area (Å²) in [6.45, 7) is 5.89. The molecule has 1 aromatic heterocycles. The third-order valence-corrected chi connectivity index (χ3v) is 3.03. The fourth-order valence-corrected chi connectivity index (χ4v) is 2.15. The van der Waals surface area contributed by atoms with Crippen LogP contribution in [0, 0.1) is 11.7 Å². The smallest absolute Gasteiger partial charge is 0.316 e. The highest BCUT2D eigenvalue weighted by molar-refractivity contribution is 5.83. The van der Waals surface area contributed by atoms with Gasteiger partial charge in [0.15, 0.2) is 11.4 Å². The molecule has 0 amide bonds. The van der Waals surface area contributed by atoms with Gasteiger partial charge in [0.1, 0.15) is 11.7 Å². The number of fused-ring (bicyclic) bond motifs is 1. The molecule has 3 nitrogen and oxygen atoms in total. The summed E-state index contributed by atoms with van der Waals surface area (Å²) in [5.74, 6) is -0.796. The van der Waals surface area contributed by atoms with Gasteiger partial charge in [-0.3, -0.25) is 4.79 Å². The van der Waals surface area contributed by atoms with Crippen molar-refractivity contribution in [2.75, 3.05) is 6.61 Å². The zero-order valence-corrected chi connectivity index (χ0v) is 11.3. The maximum Gasteiger partial charge on any atom is 0.316 e. The minimum Gasteiger partial charge on any atom is -0.465 e. The number of rotatable bonds is 4. The number of benzene rings is 1. The number of para-hydroxylation sites is 1. The van der Waals surface area contributed by atoms with Crippen LogP contribution < -0.4 is 0 Å². The van der Waals surface area contributed by atoms with E-state index in [1.807, 2.05) is 13.8 Å². The second kappa shape index (κ2) is 5.43. The van der Waals surface area contributed by atoms with Crippen LogP contribution in [-0.4, -0.2) is 12.6 Å². The average Bonchev–Trinajstić information content (AvgIpc) is 2.74. The summed E-state index contributed by atoms with van der Waals surface area (Å²) >= 11 is 0. The van der Waals surface area contributed by atoms with Gasteiger partial charge in [0.2, 0.25) is 0 Å². The fraction of sp³-hybridized carbons (Fsp3) is 0.400. The third-order valence-electron chi connectivity index (χ3n) is 3.03. The van der Waals surface area contributed by atoms with Gasteiger partial charge in [0.25, 0.3) is 0 Å². The minimum absolute atomic E-state index is 0.0164. The number of halogens is 1. The molecule has 0 aliphatic carbocycles. The van der Waals surface area contributed by atoms with E-state index >= 15 is 0 Å². The Balaban J connectivity index is 2.45. The number of esters is 1. The number of carbonyl (C=O) groups excluding carboxylic acids is 1. The fourth-order valence-electron chi connectivity index (χ4n) is 2.15. The minimum atomic E-state index is -0.508. The molecule has 0 spiro atoms. The Bertz CT molecular complexity index is 586. The third kappa shape index (κ3) is 2.62. The predicted octanol–water partition coefficient (Wildman–Crippen LogP) is 3.87. The Labute approximate surface area is 111 Å². The van der Waals surface area contributed by atoms with Crippen LogP contribution in [0.2, 0.25) is 0 Å². The van der Waals surface area contributed by atoms with E-state index in [0.717, 1.165) is 0 Å². The molecule has 0 radical (unpaired) electrons. The van der Waals surface area contributed by atoms with Crippen LogP contribution in [0.1, 0.15) is 32.4 Å². The second-order valence-corrected chi connectivity index (χ2v) is 4.78. The van der Waals surface area contributed by atoms with E-state index in [2.05, 4.69) is 0 Å². The van der Waals surface area contributed by atoms with Crippen LogP contribution in [0.15, 0.2) is 28.7 Å². The quantitative estimate of drug-likeness (QED) is 0.787. The number of hydrogen-bond donors (Lipinski definition) is 0. The van der Waals surface area contributed by atoms with Gasteiger partial charge >= 0.3 is 5.97 Å². The summed E-state index contributed by atoms with van der Waals surface area (Å²) in [6, 6.07) is 6.42. The summed E-state index contributed by atoms with van der Waals surface area (Å²) in [5, 5.41) is 0.657. The zero-order chi connectivity index (χ0) is 14.0. The molecule has 4 heteroatoms. The topological polar surface area (TPSA) is 39.4 Å². The molecule has 102 valence electrons. The molecule has 1 heterocycles. The lowest BCUT2D eigenvalue weighted by Gasteiger charge is -2.16. The molecule has 0 saturated carbocycles. The molecular weight excluding hydrogens is 247 g/mol. The number of furan rings is 1. The Morgan fingerprint density at radius 1 is 1.42 bits per heavy atom. The van der Waals surface area contributed by atoms with E-state index in [0.29, 0.717) is 17.8 Å². The lowest BCUT2D eigenvalue weighted by Crippen LogP contribution is -2.20. The Morgan fingerprint density at radius 2 is 2.16 bits per heavy atom. The van der Waals surface area contributed by atoms with Crippen molar-refractivity contribution >= 4 is 16.9 Å². The van der Waals surface area contributed by atoms with Gasteiger partial charge in [-0.25, -0.2) is 4.39 Å². The van der Waals surface area contributed by atoms with Crippen molar-refractivity contribution < 1.29 is 18.3 Å². The highest BCUT2D eigenvalue weighted by Crippen LogP contribution is 2.32. The van der Waals surface area contributed by atoms with Gasteiger partial charge in [-0.15, -0.1) is 0 Å². The molecule has 1 atom stereocenters. The molecule has 0 saturated heterocycles. The van der Waals surface area contributed by atoms with E-state index in [1.165, 1.54) is 6.07 Å². The molecule has 0 aliphatic heterocycles. The van der Waals surface area contributed by atoms with Gasteiger partial charge < -0.3 is 9.15 Å². The first-order chi connectivity index (χ1) is 9.04. The lowest BCUT2D eigenvalue weighted by molar-refractivity contribution is -0.146. The molecule has 0 bridgehead atoms. The van der Waals surface area contributed by atoms with Crippen LogP contribution >= 0.6 is 0 Å². The SMILES string of the molecule is CCOC(=O)C(c1cc2cccc(F)c2o1)C(C)C. The molecule has 0 aliphatic rings. The summed E-state index contributed by atoms with van der Waals surface area (Å²) in [7, 11) is 0. The van der Waals surface area contributed by atoms with E-state index < -0.39 is 11.7 Å². The predicted molar refractivity (Wildman–Crippen MR) is 70.4 cm³/mol.